The molecule has 0 bridgehead atoms. The van der Waals surface area contributed by atoms with E-state index >= 15 is 0 Å². The van der Waals surface area contributed by atoms with E-state index in [1.54, 1.807) is 6.07 Å². The van der Waals surface area contributed by atoms with Crippen molar-refractivity contribution in [1.29, 1.82) is 0 Å². The zero-order valence-electron chi connectivity index (χ0n) is 16.8. The van der Waals surface area contributed by atoms with Gasteiger partial charge in [0.25, 0.3) is 5.91 Å². The Kier molecular flexibility index (Phi) is 5.70. The van der Waals surface area contributed by atoms with Gasteiger partial charge in [-0.05, 0) is 60.2 Å². The number of anilines is 1. The number of hydrogen-bond acceptors (Lipinski definition) is 3. The van der Waals surface area contributed by atoms with Gasteiger partial charge in [0.1, 0.15) is 11.5 Å². The molecule has 0 aliphatic heterocycles. The van der Waals surface area contributed by atoms with Crippen LogP contribution in [0.1, 0.15) is 48.0 Å². The lowest BCUT2D eigenvalue weighted by Crippen LogP contribution is -2.15. The maximum absolute atomic E-state index is 12.8. The maximum atomic E-state index is 12.8. The van der Waals surface area contributed by atoms with Crippen molar-refractivity contribution in [2.45, 2.75) is 39.0 Å². The van der Waals surface area contributed by atoms with Crippen molar-refractivity contribution in [3.63, 3.8) is 0 Å². The molecule has 1 aliphatic rings. The molecule has 4 nitrogen and oxygen atoms in total. The van der Waals surface area contributed by atoms with E-state index in [4.69, 9.17) is 4.74 Å². The number of phenols is 1. The fraction of sp³-hybridized carbons (Fsp3) is 0.320. The van der Waals surface area contributed by atoms with Gasteiger partial charge in [-0.3, -0.25) is 4.79 Å². The van der Waals surface area contributed by atoms with Gasteiger partial charge in [0.2, 0.25) is 0 Å². The van der Waals surface area contributed by atoms with Crippen molar-refractivity contribution in [2.24, 2.45) is 5.92 Å². The monoisotopic (exact) mass is 389 g/mol. The standard InChI is InChI=1S/C25H27NO3/c1-17-22-13-6-5-10-19(22)14-23(24(17)27)25(28)26-20-11-7-12-21(15-20)29-16-18-8-3-2-4-9-18/h5-7,10-15,18,27H,2-4,8-9,16H2,1H3,(H,26,28). The van der Waals surface area contributed by atoms with Crippen molar-refractivity contribution in [3.05, 3.63) is 65.7 Å². The lowest BCUT2D eigenvalue weighted by molar-refractivity contribution is 0.102. The summed E-state index contributed by atoms with van der Waals surface area (Å²) in [6.45, 7) is 2.55. The molecule has 0 aromatic heterocycles. The molecule has 0 heterocycles. The first-order valence-corrected chi connectivity index (χ1v) is 10.4. The molecule has 0 spiro atoms. The third-order valence-corrected chi connectivity index (χ3v) is 5.82. The number of aromatic hydroxyl groups is 1. The summed E-state index contributed by atoms with van der Waals surface area (Å²) in [7, 11) is 0. The number of carbonyl (C=O) groups is 1. The Labute approximate surface area is 171 Å². The van der Waals surface area contributed by atoms with Gasteiger partial charge in [-0.2, -0.15) is 0 Å². The number of carbonyl (C=O) groups excluding carboxylic acids is 1. The molecule has 29 heavy (non-hydrogen) atoms. The van der Waals surface area contributed by atoms with Gasteiger partial charge in [0.05, 0.1) is 12.2 Å². The minimum Gasteiger partial charge on any atom is -0.507 e. The van der Waals surface area contributed by atoms with E-state index in [0.717, 1.165) is 23.1 Å². The van der Waals surface area contributed by atoms with Crippen LogP contribution in [-0.4, -0.2) is 17.6 Å². The molecule has 0 unspecified atom stereocenters. The van der Waals surface area contributed by atoms with E-state index in [1.807, 2.05) is 55.5 Å². The van der Waals surface area contributed by atoms with Gasteiger partial charge < -0.3 is 15.2 Å². The highest BCUT2D eigenvalue weighted by molar-refractivity contribution is 6.09. The zero-order chi connectivity index (χ0) is 20.2. The minimum atomic E-state index is -0.333. The lowest BCUT2D eigenvalue weighted by atomic mass is 9.90. The Hall–Kier alpha value is -3.01. The average Bonchev–Trinajstić information content (AvgIpc) is 2.76. The summed E-state index contributed by atoms with van der Waals surface area (Å²) in [5.74, 6) is 1.07. The van der Waals surface area contributed by atoms with Gasteiger partial charge >= 0.3 is 0 Å². The number of aryl methyl sites for hydroxylation is 1. The van der Waals surface area contributed by atoms with Crippen LogP contribution in [0.3, 0.4) is 0 Å². The van der Waals surface area contributed by atoms with Gasteiger partial charge in [-0.15, -0.1) is 0 Å². The number of rotatable bonds is 5. The molecule has 2 N–H and O–H groups in total. The van der Waals surface area contributed by atoms with Crippen molar-refractivity contribution < 1.29 is 14.6 Å². The third-order valence-electron chi connectivity index (χ3n) is 5.82. The predicted octanol–water partition coefficient (Wildman–Crippen LogP) is 6.07. The van der Waals surface area contributed by atoms with Gasteiger partial charge in [0, 0.05) is 11.8 Å². The summed E-state index contributed by atoms with van der Waals surface area (Å²) in [5.41, 5.74) is 1.63. The second-order valence-corrected chi connectivity index (χ2v) is 7.92. The number of phenolic OH excluding ortho intramolecular Hbond substituents is 1. The molecule has 1 saturated carbocycles. The Morgan fingerprint density at radius 2 is 1.86 bits per heavy atom. The molecular formula is C25H27NO3. The molecule has 1 aliphatic carbocycles. The SMILES string of the molecule is Cc1c(O)c(C(=O)Nc2cccc(OCC3CCCCC3)c2)cc2ccccc12. The van der Waals surface area contributed by atoms with Crippen LogP contribution < -0.4 is 10.1 Å². The second-order valence-electron chi connectivity index (χ2n) is 7.92. The van der Waals surface area contributed by atoms with Crippen molar-refractivity contribution in [3.8, 4) is 11.5 Å². The molecule has 4 heteroatoms. The molecule has 4 rings (SSSR count). The van der Waals surface area contributed by atoms with Crippen LogP contribution in [0.25, 0.3) is 10.8 Å². The largest absolute Gasteiger partial charge is 0.507 e. The van der Waals surface area contributed by atoms with E-state index in [1.165, 1.54) is 32.1 Å². The fourth-order valence-electron chi connectivity index (χ4n) is 4.12. The number of fused-ring (bicyclic) bond motifs is 1. The summed E-state index contributed by atoms with van der Waals surface area (Å²) in [6, 6.07) is 16.9. The van der Waals surface area contributed by atoms with Crippen molar-refractivity contribution >= 4 is 22.4 Å². The van der Waals surface area contributed by atoms with E-state index in [9.17, 15) is 9.90 Å². The minimum absolute atomic E-state index is 0.0194. The first-order chi connectivity index (χ1) is 14.1. The number of amides is 1. The van der Waals surface area contributed by atoms with E-state index in [2.05, 4.69) is 5.32 Å². The first-order valence-electron chi connectivity index (χ1n) is 10.4. The van der Waals surface area contributed by atoms with Crippen LogP contribution in [0.15, 0.2) is 54.6 Å². The van der Waals surface area contributed by atoms with Crippen LogP contribution in [0.4, 0.5) is 5.69 Å². The second kappa shape index (κ2) is 8.56. The number of hydrogen-bond donors (Lipinski definition) is 2. The van der Waals surface area contributed by atoms with Crippen LogP contribution in [0, 0.1) is 12.8 Å². The number of benzene rings is 3. The van der Waals surface area contributed by atoms with Crippen molar-refractivity contribution in [1.82, 2.24) is 0 Å². The highest BCUT2D eigenvalue weighted by Crippen LogP contribution is 2.31. The summed E-state index contributed by atoms with van der Waals surface area (Å²) in [5, 5.41) is 15.3. The van der Waals surface area contributed by atoms with Gasteiger partial charge in [-0.25, -0.2) is 0 Å². The molecule has 1 amide bonds. The Balaban J connectivity index is 1.48. The molecule has 150 valence electrons. The topological polar surface area (TPSA) is 58.6 Å². The summed E-state index contributed by atoms with van der Waals surface area (Å²) < 4.78 is 5.97. The molecule has 3 aromatic carbocycles. The summed E-state index contributed by atoms with van der Waals surface area (Å²) >= 11 is 0. The van der Waals surface area contributed by atoms with E-state index in [0.29, 0.717) is 17.2 Å². The number of nitrogens with one attached hydrogen (secondary N) is 1. The van der Waals surface area contributed by atoms with Crippen LogP contribution in [0.2, 0.25) is 0 Å². The average molecular weight is 389 g/mol. The highest BCUT2D eigenvalue weighted by Gasteiger charge is 2.17. The molecule has 0 radical (unpaired) electrons. The Morgan fingerprint density at radius 1 is 1.07 bits per heavy atom. The summed E-state index contributed by atoms with van der Waals surface area (Å²) in [6.07, 6.45) is 6.38. The Morgan fingerprint density at radius 3 is 2.69 bits per heavy atom. The molecular weight excluding hydrogens is 362 g/mol. The zero-order valence-corrected chi connectivity index (χ0v) is 16.8. The summed E-state index contributed by atoms with van der Waals surface area (Å²) in [4.78, 5) is 12.8. The highest BCUT2D eigenvalue weighted by atomic mass is 16.5. The Bertz CT molecular complexity index is 1020. The predicted molar refractivity (Wildman–Crippen MR) is 117 cm³/mol. The van der Waals surface area contributed by atoms with Gasteiger partial charge in [0.15, 0.2) is 0 Å². The smallest absolute Gasteiger partial charge is 0.259 e. The maximum Gasteiger partial charge on any atom is 0.259 e. The molecule has 0 saturated heterocycles. The van der Waals surface area contributed by atoms with Crippen LogP contribution >= 0.6 is 0 Å². The molecule has 3 aromatic rings. The van der Waals surface area contributed by atoms with E-state index < -0.39 is 0 Å². The van der Waals surface area contributed by atoms with Crippen LogP contribution in [0.5, 0.6) is 11.5 Å². The third kappa shape index (κ3) is 4.37. The normalized spacial score (nSPS) is 14.7. The van der Waals surface area contributed by atoms with Crippen molar-refractivity contribution in [2.75, 3.05) is 11.9 Å². The molecule has 0 atom stereocenters. The number of ether oxygens (including phenoxy) is 1. The molecule has 1 fully saturated rings. The quantitative estimate of drug-likeness (QED) is 0.557. The van der Waals surface area contributed by atoms with Crippen LogP contribution in [-0.2, 0) is 0 Å². The lowest BCUT2D eigenvalue weighted by Gasteiger charge is -2.21. The first kappa shape index (κ1) is 19.3. The fourth-order valence-corrected chi connectivity index (χ4v) is 4.12. The van der Waals surface area contributed by atoms with E-state index in [-0.39, 0.29) is 17.2 Å². The van der Waals surface area contributed by atoms with Gasteiger partial charge in [-0.1, -0.05) is 49.6 Å².